The average molecular weight is 359 g/mol. The number of benzene rings is 2. The average Bonchev–Trinajstić information content (AvgIpc) is 2.96. The number of anilines is 2. The number of fused-ring (bicyclic) bond motifs is 1. The van der Waals surface area contributed by atoms with Crippen molar-refractivity contribution in [2.45, 2.75) is 20.0 Å². The fraction of sp³-hybridized carbons (Fsp3) is 0.182. The van der Waals surface area contributed by atoms with Crippen molar-refractivity contribution in [2.24, 2.45) is 0 Å². The molecule has 0 spiro atoms. The fourth-order valence-electron chi connectivity index (χ4n) is 3.45. The quantitative estimate of drug-likeness (QED) is 0.746. The minimum absolute atomic E-state index is 0.0643. The van der Waals surface area contributed by atoms with Crippen LogP contribution in [0, 0.1) is 13.8 Å². The normalized spacial score (nSPS) is 15.6. The van der Waals surface area contributed by atoms with Gasteiger partial charge >= 0.3 is 0 Å². The van der Waals surface area contributed by atoms with E-state index in [1.54, 1.807) is 24.3 Å². The Morgan fingerprint density at radius 2 is 1.85 bits per heavy atom. The standard InChI is InChI=1S/C22H21N3O2/c1-14-6-11-19(15(2)13-14)24-21-20-18(5-4-12-23-20)22(26)25(21)16-7-9-17(27-3)10-8-16/h4-13,21,24H,1-3H3/t21-/m1/s1. The molecule has 1 N–H and O–H groups in total. The van der Waals surface area contributed by atoms with Gasteiger partial charge in [0.25, 0.3) is 5.91 Å². The van der Waals surface area contributed by atoms with Gasteiger partial charge in [-0.05, 0) is 61.9 Å². The zero-order valence-corrected chi connectivity index (χ0v) is 15.6. The van der Waals surface area contributed by atoms with Gasteiger partial charge in [-0.25, -0.2) is 0 Å². The van der Waals surface area contributed by atoms with Crippen LogP contribution in [0.4, 0.5) is 11.4 Å². The predicted molar refractivity (Wildman–Crippen MR) is 106 cm³/mol. The van der Waals surface area contributed by atoms with Crippen LogP contribution in [0.25, 0.3) is 0 Å². The Morgan fingerprint density at radius 3 is 2.56 bits per heavy atom. The van der Waals surface area contributed by atoms with Gasteiger partial charge in [-0.3, -0.25) is 14.7 Å². The van der Waals surface area contributed by atoms with E-state index in [0.717, 1.165) is 28.4 Å². The van der Waals surface area contributed by atoms with Crippen LogP contribution in [0.2, 0.25) is 0 Å². The van der Waals surface area contributed by atoms with Gasteiger partial charge in [0.15, 0.2) is 6.17 Å². The predicted octanol–water partition coefficient (Wildman–Crippen LogP) is 4.48. The van der Waals surface area contributed by atoms with E-state index in [0.29, 0.717) is 5.56 Å². The maximum atomic E-state index is 13.1. The number of ether oxygens (including phenoxy) is 1. The molecule has 0 saturated carbocycles. The molecule has 1 aliphatic rings. The second-order valence-electron chi connectivity index (χ2n) is 6.67. The summed E-state index contributed by atoms with van der Waals surface area (Å²) >= 11 is 0. The maximum absolute atomic E-state index is 13.1. The fourth-order valence-corrected chi connectivity index (χ4v) is 3.45. The maximum Gasteiger partial charge on any atom is 0.262 e. The Morgan fingerprint density at radius 1 is 1.07 bits per heavy atom. The number of nitrogens with zero attached hydrogens (tertiary/aromatic N) is 2. The van der Waals surface area contributed by atoms with Gasteiger partial charge in [-0.15, -0.1) is 0 Å². The molecule has 1 aliphatic heterocycles. The number of aromatic nitrogens is 1. The highest BCUT2D eigenvalue weighted by atomic mass is 16.5. The Bertz CT molecular complexity index is 999. The van der Waals surface area contributed by atoms with Crippen molar-refractivity contribution in [3.63, 3.8) is 0 Å². The van der Waals surface area contributed by atoms with Gasteiger partial charge in [0, 0.05) is 17.6 Å². The van der Waals surface area contributed by atoms with Crippen molar-refractivity contribution in [1.29, 1.82) is 0 Å². The molecule has 27 heavy (non-hydrogen) atoms. The molecule has 2 heterocycles. The minimum atomic E-state index is -0.372. The lowest BCUT2D eigenvalue weighted by Crippen LogP contribution is -2.32. The lowest BCUT2D eigenvalue weighted by molar-refractivity contribution is 0.0993. The molecule has 0 radical (unpaired) electrons. The molecule has 4 rings (SSSR count). The first kappa shape index (κ1) is 17.1. The van der Waals surface area contributed by atoms with Gasteiger partial charge in [0.2, 0.25) is 0 Å². The number of pyridine rings is 1. The number of hydrogen-bond acceptors (Lipinski definition) is 4. The highest BCUT2D eigenvalue weighted by Gasteiger charge is 2.39. The molecule has 136 valence electrons. The second-order valence-corrected chi connectivity index (χ2v) is 6.67. The summed E-state index contributed by atoms with van der Waals surface area (Å²) in [6, 6.07) is 17.3. The van der Waals surface area contributed by atoms with Crippen molar-refractivity contribution >= 4 is 17.3 Å². The number of carbonyl (C=O) groups excluding carboxylic acids is 1. The minimum Gasteiger partial charge on any atom is -0.497 e. The van der Waals surface area contributed by atoms with Crippen LogP contribution in [0.5, 0.6) is 5.75 Å². The summed E-state index contributed by atoms with van der Waals surface area (Å²) < 4.78 is 5.24. The van der Waals surface area contributed by atoms with E-state index in [9.17, 15) is 4.79 Å². The number of methoxy groups -OCH3 is 1. The summed E-state index contributed by atoms with van der Waals surface area (Å²) in [5, 5.41) is 3.51. The van der Waals surface area contributed by atoms with Gasteiger partial charge in [0.05, 0.1) is 18.4 Å². The summed E-state index contributed by atoms with van der Waals surface area (Å²) in [6.45, 7) is 4.12. The van der Waals surface area contributed by atoms with E-state index < -0.39 is 0 Å². The van der Waals surface area contributed by atoms with Crippen LogP contribution in [0.1, 0.15) is 33.3 Å². The van der Waals surface area contributed by atoms with Crippen LogP contribution < -0.4 is 15.0 Å². The van der Waals surface area contributed by atoms with E-state index in [2.05, 4.69) is 36.3 Å². The smallest absolute Gasteiger partial charge is 0.262 e. The van der Waals surface area contributed by atoms with E-state index >= 15 is 0 Å². The molecule has 5 nitrogen and oxygen atoms in total. The summed E-state index contributed by atoms with van der Waals surface area (Å²) in [4.78, 5) is 19.3. The Labute approximate surface area is 158 Å². The number of rotatable bonds is 4. The monoisotopic (exact) mass is 359 g/mol. The zero-order chi connectivity index (χ0) is 19.0. The molecule has 1 aromatic heterocycles. The Kier molecular flexibility index (Phi) is 4.28. The Hall–Kier alpha value is -3.34. The Balaban J connectivity index is 1.77. The van der Waals surface area contributed by atoms with Gasteiger partial charge in [-0.2, -0.15) is 0 Å². The first-order chi connectivity index (χ1) is 13.1. The third kappa shape index (κ3) is 3.01. The lowest BCUT2D eigenvalue weighted by atomic mass is 10.1. The highest BCUT2D eigenvalue weighted by Crippen LogP contribution is 2.37. The van der Waals surface area contributed by atoms with Crippen molar-refractivity contribution in [2.75, 3.05) is 17.3 Å². The van der Waals surface area contributed by atoms with Crippen LogP contribution in [0.3, 0.4) is 0 Å². The summed E-state index contributed by atoms with van der Waals surface area (Å²) in [5.41, 5.74) is 5.46. The number of aryl methyl sites for hydroxylation is 2. The number of nitrogens with one attached hydrogen (secondary N) is 1. The molecule has 3 aromatic rings. The molecule has 5 heteroatoms. The molecule has 2 aromatic carbocycles. The van der Waals surface area contributed by atoms with Gasteiger partial charge in [0.1, 0.15) is 5.75 Å². The van der Waals surface area contributed by atoms with Gasteiger partial charge in [-0.1, -0.05) is 17.7 Å². The first-order valence-electron chi connectivity index (χ1n) is 8.85. The summed E-state index contributed by atoms with van der Waals surface area (Å²) in [5.74, 6) is 0.686. The SMILES string of the molecule is COc1ccc(N2C(=O)c3cccnc3[C@@H]2Nc2ccc(C)cc2C)cc1. The molecule has 0 fully saturated rings. The third-order valence-corrected chi connectivity index (χ3v) is 4.83. The summed E-state index contributed by atoms with van der Waals surface area (Å²) in [6.07, 6.45) is 1.35. The summed E-state index contributed by atoms with van der Waals surface area (Å²) in [7, 11) is 1.63. The second kappa shape index (κ2) is 6.76. The largest absolute Gasteiger partial charge is 0.497 e. The molecule has 0 aliphatic carbocycles. The molecule has 0 saturated heterocycles. The van der Waals surface area contributed by atoms with Crippen molar-refractivity contribution in [3.8, 4) is 5.75 Å². The highest BCUT2D eigenvalue weighted by molar-refractivity contribution is 6.11. The van der Waals surface area contributed by atoms with E-state index in [1.807, 2.05) is 36.4 Å². The molecular formula is C22H21N3O2. The van der Waals surface area contributed by atoms with Crippen molar-refractivity contribution in [3.05, 3.63) is 83.2 Å². The van der Waals surface area contributed by atoms with Crippen LogP contribution >= 0.6 is 0 Å². The molecular weight excluding hydrogens is 338 g/mol. The molecule has 1 atom stereocenters. The van der Waals surface area contributed by atoms with E-state index in [1.165, 1.54) is 5.56 Å². The van der Waals surface area contributed by atoms with Crippen molar-refractivity contribution < 1.29 is 9.53 Å². The molecule has 0 bridgehead atoms. The zero-order valence-electron chi connectivity index (χ0n) is 15.6. The number of amides is 1. The third-order valence-electron chi connectivity index (χ3n) is 4.83. The molecule has 1 amide bonds. The lowest BCUT2D eigenvalue weighted by Gasteiger charge is -2.27. The van der Waals surface area contributed by atoms with Gasteiger partial charge < -0.3 is 10.1 Å². The topological polar surface area (TPSA) is 54.5 Å². The number of carbonyl (C=O) groups is 1. The van der Waals surface area contributed by atoms with E-state index in [-0.39, 0.29) is 12.1 Å². The van der Waals surface area contributed by atoms with Crippen LogP contribution in [-0.4, -0.2) is 18.0 Å². The van der Waals surface area contributed by atoms with Crippen LogP contribution in [-0.2, 0) is 0 Å². The molecule has 0 unspecified atom stereocenters. The van der Waals surface area contributed by atoms with Crippen molar-refractivity contribution in [1.82, 2.24) is 4.98 Å². The first-order valence-corrected chi connectivity index (χ1v) is 8.85. The number of hydrogen-bond donors (Lipinski definition) is 1. The van der Waals surface area contributed by atoms with Crippen LogP contribution in [0.15, 0.2) is 60.8 Å². The van der Waals surface area contributed by atoms with E-state index in [4.69, 9.17) is 4.74 Å².